The van der Waals surface area contributed by atoms with Crippen molar-refractivity contribution in [3.05, 3.63) is 107 Å². The molecule has 0 saturated carbocycles. The molecular formula is C38H47F2N3O7. The van der Waals surface area contributed by atoms with Gasteiger partial charge in [0.1, 0.15) is 28.9 Å². The Morgan fingerprint density at radius 3 is 2.04 bits per heavy atom. The van der Waals surface area contributed by atoms with Crippen LogP contribution in [0.2, 0.25) is 0 Å². The van der Waals surface area contributed by atoms with Crippen LogP contribution in [0, 0.1) is 11.6 Å². The molecule has 0 aromatic heterocycles. The van der Waals surface area contributed by atoms with Gasteiger partial charge in [-0.15, -0.1) is 0 Å². The zero-order valence-corrected chi connectivity index (χ0v) is 29.3. The maximum Gasteiger partial charge on any atom is 0.407 e. The Bertz CT molecular complexity index is 1620. The van der Waals surface area contributed by atoms with Crippen LogP contribution >= 0.6 is 0 Å². The van der Waals surface area contributed by atoms with Crippen LogP contribution in [-0.4, -0.2) is 64.9 Å². The van der Waals surface area contributed by atoms with Gasteiger partial charge in [0.25, 0.3) is 5.91 Å². The predicted octanol–water partition coefficient (Wildman–Crippen LogP) is 5.83. The Labute approximate surface area is 291 Å². The van der Waals surface area contributed by atoms with Gasteiger partial charge in [0.2, 0.25) is 0 Å². The summed E-state index contributed by atoms with van der Waals surface area (Å²) < 4.78 is 38.9. The molecule has 3 amide bonds. The fraction of sp³-hybridized carbons (Fsp3) is 0.421. The molecule has 3 rings (SSSR count). The zero-order valence-electron chi connectivity index (χ0n) is 29.3. The molecule has 3 aromatic carbocycles. The van der Waals surface area contributed by atoms with Crippen LogP contribution in [0.25, 0.3) is 0 Å². The Morgan fingerprint density at radius 2 is 1.40 bits per heavy atom. The number of Topliss-reactive ketones (excluding diaryl/α,β-unsaturated/α-hetero) is 1. The standard InChI is InChI=1S/C38H47F2N3O7/c1-37(2,3)49-35(47)42-29(22-27-21-28(39)16-17-30(27)40)23-41-34(46)26-14-10-13-25(19-26)20-32(44)33(45)31(43-36(48)50-38(4,5)6)18-15-24-11-8-7-9-12-24/h7-14,16-17,19,21,29,31,33,45H,15,18,20,22-23H2,1-6H3,(H,41,46)(H,42,47)(H,43,48). The molecule has 0 radical (unpaired) electrons. The van der Waals surface area contributed by atoms with Gasteiger partial charge < -0.3 is 30.5 Å². The molecule has 0 aliphatic rings. The van der Waals surface area contributed by atoms with Gasteiger partial charge in [0.05, 0.1) is 12.1 Å². The van der Waals surface area contributed by atoms with E-state index in [9.17, 15) is 33.1 Å². The molecule has 3 unspecified atom stereocenters. The summed E-state index contributed by atoms with van der Waals surface area (Å²) in [7, 11) is 0. The second-order valence-electron chi connectivity index (χ2n) is 14.1. The summed E-state index contributed by atoms with van der Waals surface area (Å²) in [5.74, 6) is -2.45. The van der Waals surface area contributed by atoms with Crippen LogP contribution in [-0.2, 0) is 33.5 Å². The molecule has 0 saturated heterocycles. The predicted molar refractivity (Wildman–Crippen MR) is 185 cm³/mol. The number of nitrogens with one attached hydrogen (secondary N) is 3. The number of aliphatic hydroxyl groups excluding tert-OH is 1. The lowest BCUT2D eigenvalue weighted by Crippen LogP contribution is -2.49. The molecule has 3 atom stereocenters. The quantitative estimate of drug-likeness (QED) is 0.166. The van der Waals surface area contributed by atoms with Gasteiger partial charge in [-0.2, -0.15) is 0 Å². The number of aryl methyl sites for hydroxylation is 1. The monoisotopic (exact) mass is 695 g/mol. The summed E-state index contributed by atoms with van der Waals surface area (Å²) in [6, 6.07) is 16.8. The number of aliphatic hydroxyl groups is 1. The van der Waals surface area contributed by atoms with E-state index >= 15 is 0 Å². The maximum atomic E-state index is 14.4. The minimum Gasteiger partial charge on any atom is -0.444 e. The molecule has 3 aromatic rings. The van der Waals surface area contributed by atoms with Crippen molar-refractivity contribution in [1.29, 1.82) is 0 Å². The van der Waals surface area contributed by atoms with Crippen LogP contribution in [0.5, 0.6) is 0 Å². The molecule has 0 fully saturated rings. The smallest absolute Gasteiger partial charge is 0.407 e. The third kappa shape index (κ3) is 13.9. The largest absolute Gasteiger partial charge is 0.444 e. The highest BCUT2D eigenvalue weighted by molar-refractivity contribution is 5.95. The van der Waals surface area contributed by atoms with Gasteiger partial charge in [-0.3, -0.25) is 9.59 Å². The molecule has 270 valence electrons. The first-order valence-electron chi connectivity index (χ1n) is 16.4. The van der Waals surface area contributed by atoms with E-state index in [1.807, 2.05) is 30.3 Å². The van der Waals surface area contributed by atoms with Gasteiger partial charge in [0.15, 0.2) is 5.78 Å². The number of ketones is 1. The van der Waals surface area contributed by atoms with Crippen molar-refractivity contribution in [2.24, 2.45) is 0 Å². The normalized spacial score (nSPS) is 13.4. The summed E-state index contributed by atoms with van der Waals surface area (Å²) in [5.41, 5.74) is -0.0162. The minimum absolute atomic E-state index is 0.00241. The first-order valence-corrected chi connectivity index (χ1v) is 16.4. The molecule has 12 heteroatoms. The highest BCUT2D eigenvalue weighted by Crippen LogP contribution is 2.16. The lowest BCUT2D eigenvalue weighted by molar-refractivity contribution is -0.127. The van der Waals surface area contributed by atoms with E-state index in [0.717, 1.165) is 23.8 Å². The Morgan fingerprint density at radius 1 is 0.780 bits per heavy atom. The van der Waals surface area contributed by atoms with Crippen molar-refractivity contribution >= 4 is 23.9 Å². The van der Waals surface area contributed by atoms with E-state index < -0.39 is 64.9 Å². The molecule has 0 aliphatic heterocycles. The average molecular weight is 696 g/mol. The molecule has 4 N–H and O–H groups in total. The number of carbonyl (C=O) groups is 4. The van der Waals surface area contributed by atoms with Crippen LogP contribution in [0.15, 0.2) is 72.8 Å². The first kappa shape index (κ1) is 39.6. The van der Waals surface area contributed by atoms with Gasteiger partial charge >= 0.3 is 12.2 Å². The molecular weight excluding hydrogens is 648 g/mol. The van der Waals surface area contributed by atoms with Crippen molar-refractivity contribution < 1.29 is 42.5 Å². The highest BCUT2D eigenvalue weighted by atomic mass is 19.1. The topological polar surface area (TPSA) is 143 Å². The number of ether oxygens (including phenoxy) is 2. The fourth-order valence-electron chi connectivity index (χ4n) is 5.02. The maximum absolute atomic E-state index is 14.4. The lowest BCUT2D eigenvalue weighted by atomic mass is 9.95. The summed E-state index contributed by atoms with van der Waals surface area (Å²) in [5, 5.41) is 19.0. The second kappa shape index (κ2) is 17.7. The lowest BCUT2D eigenvalue weighted by Gasteiger charge is -2.26. The van der Waals surface area contributed by atoms with Crippen molar-refractivity contribution in [3.63, 3.8) is 0 Å². The SMILES string of the molecule is CC(C)(C)OC(=O)NC(CNC(=O)c1cccc(CC(=O)C(O)C(CCc2ccccc2)NC(=O)OC(C)(C)C)c1)Cc1cc(F)ccc1F. The molecule has 10 nitrogen and oxygen atoms in total. The first-order chi connectivity index (χ1) is 23.4. The van der Waals surface area contributed by atoms with E-state index in [0.29, 0.717) is 12.0 Å². The molecule has 50 heavy (non-hydrogen) atoms. The third-order valence-corrected chi connectivity index (χ3v) is 7.27. The fourth-order valence-corrected chi connectivity index (χ4v) is 5.02. The number of carbonyl (C=O) groups excluding carboxylic acids is 4. The number of hydrogen-bond donors (Lipinski definition) is 4. The Kier molecular flexibility index (Phi) is 14.0. The molecule has 0 spiro atoms. The summed E-state index contributed by atoms with van der Waals surface area (Å²) in [4.78, 5) is 51.6. The van der Waals surface area contributed by atoms with Gasteiger partial charge in [-0.05, 0) is 108 Å². The van der Waals surface area contributed by atoms with E-state index in [2.05, 4.69) is 16.0 Å². The van der Waals surface area contributed by atoms with Crippen LogP contribution in [0.4, 0.5) is 18.4 Å². The average Bonchev–Trinajstić information content (AvgIpc) is 3.02. The highest BCUT2D eigenvalue weighted by Gasteiger charge is 2.29. The third-order valence-electron chi connectivity index (χ3n) is 7.27. The molecule has 0 heterocycles. The van der Waals surface area contributed by atoms with E-state index in [1.165, 1.54) is 12.1 Å². The summed E-state index contributed by atoms with van der Waals surface area (Å²) in [6.07, 6.45) is -2.75. The van der Waals surface area contributed by atoms with Crippen molar-refractivity contribution in [2.45, 2.75) is 96.6 Å². The minimum atomic E-state index is -1.56. The Balaban J connectivity index is 1.70. The number of hydrogen-bond acceptors (Lipinski definition) is 7. The van der Waals surface area contributed by atoms with Crippen LogP contribution in [0.3, 0.4) is 0 Å². The summed E-state index contributed by atoms with van der Waals surface area (Å²) in [6.45, 7) is 9.99. The molecule has 0 aliphatic carbocycles. The van der Waals surface area contributed by atoms with Gasteiger partial charge in [-0.1, -0.05) is 42.5 Å². The zero-order chi connectivity index (χ0) is 37.1. The number of alkyl carbamates (subject to hydrolysis) is 2. The van der Waals surface area contributed by atoms with E-state index in [4.69, 9.17) is 9.47 Å². The summed E-state index contributed by atoms with van der Waals surface area (Å²) >= 11 is 0. The van der Waals surface area contributed by atoms with Crippen LogP contribution in [0.1, 0.15) is 75.0 Å². The van der Waals surface area contributed by atoms with Gasteiger partial charge in [0, 0.05) is 18.5 Å². The number of benzene rings is 3. The second-order valence-corrected chi connectivity index (χ2v) is 14.1. The van der Waals surface area contributed by atoms with Crippen molar-refractivity contribution in [3.8, 4) is 0 Å². The number of amides is 3. The van der Waals surface area contributed by atoms with Crippen molar-refractivity contribution in [2.75, 3.05) is 6.54 Å². The van der Waals surface area contributed by atoms with Crippen molar-refractivity contribution in [1.82, 2.24) is 16.0 Å². The van der Waals surface area contributed by atoms with Crippen LogP contribution < -0.4 is 16.0 Å². The Hall–Kier alpha value is -4.84. The number of halogens is 2. The van der Waals surface area contributed by atoms with E-state index in [1.54, 1.807) is 53.7 Å². The number of rotatable bonds is 14. The van der Waals surface area contributed by atoms with E-state index in [-0.39, 0.29) is 36.9 Å². The molecule has 0 bridgehead atoms. The van der Waals surface area contributed by atoms with Gasteiger partial charge in [-0.25, -0.2) is 18.4 Å².